The van der Waals surface area contributed by atoms with Crippen LogP contribution in [0, 0.1) is 11.3 Å². The molecule has 1 aromatic heterocycles. The average molecular weight is 405 g/mol. The third kappa shape index (κ3) is 3.51. The van der Waals surface area contributed by atoms with Gasteiger partial charge >= 0.3 is 0 Å². The van der Waals surface area contributed by atoms with Crippen molar-refractivity contribution in [1.82, 2.24) is 9.88 Å². The summed E-state index contributed by atoms with van der Waals surface area (Å²) in [6.45, 7) is 3.41. The van der Waals surface area contributed by atoms with Crippen LogP contribution < -0.4 is 4.90 Å². The number of aromatic nitrogens is 1. The summed E-state index contributed by atoms with van der Waals surface area (Å²) < 4.78 is 1.19. The molecule has 0 spiro atoms. The standard InChI is InChI=1S/C23H24N4OS/c24-13-16-3-5-17(6-4-16)18-7-8-21-22(12-18)29-23(25-21)26-11-9-19(14-26)27-10-1-2-20(27)15-28/h3-8,12,19-20,28H,1-2,9-11,14-15H2/t19-,20-/m0/s1. The molecular weight excluding hydrogens is 380 g/mol. The van der Waals surface area contributed by atoms with E-state index in [0.29, 0.717) is 17.6 Å². The first kappa shape index (κ1) is 18.6. The first-order chi connectivity index (χ1) is 14.2. The van der Waals surface area contributed by atoms with E-state index < -0.39 is 0 Å². The highest BCUT2D eigenvalue weighted by atomic mass is 32.1. The van der Waals surface area contributed by atoms with Crippen LogP contribution in [0.15, 0.2) is 42.5 Å². The summed E-state index contributed by atoms with van der Waals surface area (Å²) in [6.07, 6.45) is 3.45. The number of likely N-dealkylation sites (tertiary alicyclic amines) is 1. The maximum Gasteiger partial charge on any atom is 0.186 e. The molecule has 0 saturated carbocycles. The molecule has 3 heterocycles. The number of anilines is 1. The molecule has 0 aliphatic carbocycles. The number of fused-ring (bicyclic) bond motifs is 1. The smallest absolute Gasteiger partial charge is 0.186 e. The molecule has 0 radical (unpaired) electrons. The zero-order valence-electron chi connectivity index (χ0n) is 16.3. The summed E-state index contributed by atoms with van der Waals surface area (Å²) in [6, 6.07) is 17.2. The number of nitriles is 1. The monoisotopic (exact) mass is 404 g/mol. The quantitative estimate of drug-likeness (QED) is 0.715. The summed E-state index contributed by atoms with van der Waals surface area (Å²) in [7, 11) is 0. The van der Waals surface area contributed by atoms with E-state index in [4.69, 9.17) is 10.2 Å². The number of aliphatic hydroxyl groups is 1. The van der Waals surface area contributed by atoms with Gasteiger partial charge in [0.15, 0.2) is 5.13 Å². The lowest BCUT2D eigenvalue weighted by Gasteiger charge is -2.29. The van der Waals surface area contributed by atoms with Crippen molar-refractivity contribution in [1.29, 1.82) is 5.26 Å². The highest BCUT2D eigenvalue weighted by molar-refractivity contribution is 7.22. The van der Waals surface area contributed by atoms with Gasteiger partial charge in [-0.25, -0.2) is 4.98 Å². The van der Waals surface area contributed by atoms with E-state index in [0.717, 1.165) is 54.3 Å². The van der Waals surface area contributed by atoms with Crippen LogP contribution in [0.2, 0.25) is 0 Å². The molecule has 5 rings (SSSR count). The summed E-state index contributed by atoms with van der Waals surface area (Å²) in [5.74, 6) is 0. The molecule has 5 nitrogen and oxygen atoms in total. The van der Waals surface area contributed by atoms with Gasteiger partial charge < -0.3 is 10.0 Å². The predicted octanol–water partition coefficient (Wildman–Crippen LogP) is 3.87. The zero-order valence-corrected chi connectivity index (χ0v) is 17.1. The Bertz CT molecular complexity index is 1050. The number of nitrogens with zero attached hydrogens (tertiary/aromatic N) is 4. The Morgan fingerprint density at radius 2 is 1.93 bits per heavy atom. The van der Waals surface area contributed by atoms with Crippen LogP contribution in [0.1, 0.15) is 24.8 Å². The summed E-state index contributed by atoms with van der Waals surface area (Å²) >= 11 is 1.76. The van der Waals surface area contributed by atoms with Gasteiger partial charge in [-0.15, -0.1) is 0 Å². The van der Waals surface area contributed by atoms with E-state index in [2.05, 4.69) is 34.1 Å². The van der Waals surface area contributed by atoms with Crippen LogP contribution in [-0.4, -0.2) is 53.3 Å². The molecule has 6 heteroatoms. The molecule has 2 saturated heterocycles. The van der Waals surface area contributed by atoms with E-state index in [1.807, 2.05) is 24.3 Å². The van der Waals surface area contributed by atoms with Gasteiger partial charge in [-0.05, 0) is 61.2 Å². The fourth-order valence-corrected chi connectivity index (χ4v) is 5.73. The highest BCUT2D eigenvalue weighted by Gasteiger charge is 2.35. The van der Waals surface area contributed by atoms with Gasteiger partial charge in [-0.2, -0.15) is 5.26 Å². The Kier molecular flexibility index (Phi) is 4.96. The Morgan fingerprint density at radius 1 is 1.10 bits per heavy atom. The fraction of sp³-hybridized carbons (Fsp3) is 0.391. The summed E-state index contributed by atoms with van der Waals surface area (Å²) in [5, 5.41) is 19.7. The van der Waals surface area contributed by atoms with Crippen molar-refractivity contribution in [2.75, 3.05) is 31.1 Å². The minimum atomic E-state index is 0.274. The van der Waals surface area contributed by atoms with Gasteiger partial charge in [-0.3, -0.25) is 4.90 Å². The number of hydrogen-bond donors (Lipinski definition) is 1. The van der Waals surface area contributed by atoms with Crippen LogP contribution in [0.4, 0.5) is 5.13 Å². The molecule has 2 aliphatic rings. The SMILES string of the molecule is N#Cc1ccc(-c2ccc3nc(N4CC[C@H](N5CCC[C@H]5CO)C4)sc3c2)cc1. The van der Waals surface area contributed by atoms with Gasteiger partial charge in [0.1, 0.15) is 0 Å². The molecule has 2 aliphatic heterocycles. The Hall–Kier alpha value is -2.46. The maximum atomic E-state index is 9.64. The number of aliphatic hydroxyl groups excluding tert-OH is 1. The molecule has 0 amide bonds. The highest BCUT2D eigenvalue weighted by Crippen LogP contribution is 2.35. The second-order valence-electron chi connectivity index (χ2n) is 7.97. The molecule has 3 aromatic rings. The normalized spacial score (nSPS) is 22.4. The fourth-order valence-electron chi connectivity index (χ4n) is 4.69. The second-order valence-corrected chi connectivity index (χ2v) is 8.98. The Labute approximate surface area is 174 Å². The molecule has 2 aromatic carbocycles. The van der Waals surface area contributed by atoms with E-state index in [9.17, 15) is 5.11 Å². The Morgan fingerprint density at radius 3 is 2.72 bits per heavy atom. The lowest BCUT2D eigenvalue weighted by Crippen LogP contribution is -2.42. The molecule has 0 unspecified atom stereocenters. The van der Waals surface area contributed by atoms with Gasteiger partial charge in [-0.1, -0.05) is 29.5 Å². The van der Waals surface area contributed by atoms with Gasteiger partial charge in [0.2, 0.25) is 0 Å². The summed E-state index contributed by atoms with van der Waals surface area (Å²) in [4.78, 5) is 9.81. The third-order valence-electron chi connectivity index (χ3n) is 6.26. The minimum absolute atomic E-state index is 0.274. The van der Waals surface area contributed by atoms with Crippen LogP contribution in [0.5, 0.6) is 0 Å². The van der Waals surface area contributed by atoms with Crippen molar-refractivity contribution < 1.29 is 5.11 Å². The first-order valence-electron chi connectivity index (χ1n) is 10.3. The van der Waals surface area contributed by atoms with Gasteiger partial charge in [0.25, 0.3) is 0 Å². The third-order valence-corrected chi connectivity index (χ3v) is 7.34. The van der Waals surface area contributed by atoms with Crippen molar-refractivity contribution in [3.8, 4) is 17.2 Å². The number of hydrogen-bond acceptors (Lipinski definition) is 6. The van der Waals surface area contributed by atoms with Crippen molar-refractivity contribution >= 4 is 26.7 Å². The van der Waals surface area contributed by atoms with Crippen molar-refractivity contribution in [2.45, 2.75) is 31.3 Å². The molecule has 2 atom stereocenters. The van der Waals surface area contributed by atoms with Crippen LogP contribution in [-0.2, 0) is 0 Å². The lowest BCUT2D eigenvalue weighted by molar-refractivity contribution is 0.126. The molecule has 2 fully saturated rings. The maximum absolute atomic E-state index is 9.64. The summed E-state index contributed by atoms with van der Waals surface area (Å²) in [5.41, 5.74) is 3.99. The van der Waals surface area contributed by atoms with Crippen LogP contribution >= 0.6 is 11.3 Å². The van der Waals surface area contributed by atoms with Crippen LogP contribution in [0.3, 0.4) is 0 Å². The average Bonchev–Trinajstić information content (AvgIpc) is 3.51. The first-order valence-corrected chi connectivity index (χ1v) is 11.1. The number of thiazole rings is 1. The largest absolute Gasteiger partial charge is 0.395 e. The molecule has 1 N–H and O–H groups in total. The minimum Gasteiger partial charge on any atom is -0.395 e. The lowest BCUT2D eigenvalue weighted by atomic mass is 10.0. The van der Waals surface area contributed by atoms with Crippen molar-refractivity contribution in [2.24, 2.45) is 0 Å². The van der Waals surface area contributed by atoms with Crippen molar-refractivity contribution in [3.05, 3.63) is 48.0 Å². The molecule has 0 bridgehead atoms. The van der Waals surface area contributed by atoms with E-state index in [-0.39, 0.29) is 6.61 Å². The van der Waals surface area contributed by atoms with Crippen LogP contribution in [0.25, 0.3) is 21.3 Å². The van der Waals surface area contributed by atoms with E-state index in [1.165, 1.54) is 11.1 Å². The number of benzene rings is 2. The Balaban J connectivity index is 1.36. The van der Waals surface area contributed by atoms with Gasteiger partial charge in [0, 0.05) is 25.2 Å². The van der Waals surface area contributed by atoms with Crippen molar-refractivity contribution in [3.63, 3.8) is 0 Å². The van der Waals surface area contributed by atoms with Gasteiger partial charge in [0.05, 0.1) is 28.5 Å². The second kappa shape index (κ2) is 7.75. The number of rotatable bonds is 4. The molecule has 148 valence electrons. The zero-order chi connectivity index (χ0) is 19.8. The van der Waals surface area contributed by atoms with E-state index >= 15 is 0 Å². The molecule has 29 heavy (non-hydrogen) atoms. The molecular formula is C23H24N4OS. The topological polar surface area (TPSA) is 63.4 Å². The van der Waals surface area contributed by atoms with E-state index in [1.54, 1.807) is 11.3 Å². The predicted molar refractivity (Wildman–Crippen MR) is 117 cm³/mol.